The van der Waals surface area contributed by atoms with E-state index in [0.717, 1.165) is 19.5 Å². The minimum absolute atomic E-state index is 1.05. The quantitative estimate of drug-likeness (QED) is 0.718. The number of benzene rings is 2. The fraction of sp³-hybridized carbons (Fsp3) is 0.300. The standard InChI is InChI=1S/C10H13N.C10H11N/c2*1-2-7-10-9(5-1)6-3-4-8-11-10/h1-2,5,7,11H,3-4,6,8H2;1-3,5-7,11H,4,8H2. The lowest BCUT2D eigenvalue weighted by atomic mass is 10.1. The average molecular weight is 292 g/mol. The van der Waals surface area contributed by atoms with Crippen molar-refractivity contribution in [2.24, 2.45) is 0 Å². The van der Waals surface area contributed by atoms with Crippen molar-refractivity contribution in [1.82, 2.24) is 0 Å². The molecule has 0 aromatic heterocycles. The number of fused-ring (bicyclic) bond motifs is 2. The van der Waals surface area contributed by atoms with Crippen LogP contribution in [-0.4, -0.2) is 13.1 Å². The summed E-state index contributed by atoms with van der Waals surface area (Å²) in [4.78, 5) is 0. The summed E-state index contributed by atoms with van der Waals surface area (Å²) in [6.45, 7) is 2.19. The van der Waals surface area contributed by atoms with Crippen LogP contribution in [-0.2, 0) is 6.42 Å². The Labute approximate surface area is 133 Å². The van der Waals surface area contributed by atoms with Gasteiger partial charge in [-0.05, 0) is 48.9 Å². The summed E-state index contributed by atoms with van der Waals surface area (Å²) >= 11 is 0. The molecule has 2 nitrogen and oxygen atoms in total. The first kappa shape index (κ1) is 14.7. The van der Waals surface area contributed by atoms with Crippen LogP contribution < -0.4 is 10.6 Å². The summed E-state index contributed by atoms with van der Waals surface area (Å²) in [5.41, 5.74) is 5.36. The molecule has 0 saturated heterocycles. The third-order valence-electron chi connectivity index (χ3n) is 4.09. The predicted molar refractivity (Wildman–Crippen MR) is 96.5 cm³/mol. The Morgan fingerprint density at radius 3 is 2.45 bits per heavy atom. The van der Waals surface area contributed by atoms with Gasteiger partial charge in [0.2, 0.25) is 0 Å². The van der Waals surface area contributed by atoms with Gasteiger partial charge in [0.25, 0.3) is 0 Å². The monoisotopic (exact) mass is 292 g/mol. The number of rotatable bonds is 0. The number of aryl methyl sites for hydroxylation is 1. The molecule has 114 valence electrons. The molecule has 2 aromatic rings. The Bertz CT molecular complexity index is 606. The molecule has 0 amide bonds. The van der Waals surface area contributed by atoms with Gasteiger partial charge in [0.05, 0.1) is 0 Å². The second-order valence-corrected chi connectivity index (χ2v) is 5.75. The zero-order chi connectivity index (χ0) is 15.0. The Morgan fingerprint density at radius 1 is 0.727 bits per heavy atom. The fourth-order valence-electron chi connectivity index (χ4n) is 2.88. The Hall–Kier alpha value is -2.22. The van der Waals surface area contributed by atoms with Crippen LogP contribution in [0.4, 0.5) is 11.4 Å². The highest BCUT2D eigenvalue weighted by atomic mass is 14.9. The number of hydrogen-bond donors (Lipinski definition) is 2. The number of para-hydroxylation sites is 2. The number of anilines is 2. The topological polar surface area (TPSA) is 24.1 Å². The Balaban J connectivity index is 0.000000131. The molecule has 0 unspecified atom stereocenters. The molecule has 0 bridgehead atoms. The lowest BCUT2D eigenvalue weighted by Crippen LogP contribution is -1.98. The highest BCUT2D eigenvalue weighted by Gasteiger charge is 2.04. The highest BCUT2D eigenvalue weighted by Crippen LogP contribution is 2.20. The second-order valence-electron chi connectivity index (χ2n) is 5.75. The van der Waals surface area contributed by atoms with Crippen molar-refractivity contribution in [3.05, 3.63) is 65.7 Å². The van der Waals surface area contributed by atoms with E-state index < -0.39 is 0 Å². The first-order chi connectivity index (χ1) is 10.9. The number of hydrogen-bond acceptors (Lipinski definition) is 2. The molecule has 0 aliphatic carbocycles. The van der Waals surface area contributed by atoms with E-state index in [1.807, 2.05) is 0 Å². The fourth-order valence-corrected chi connectivity index (χ4v) is 2.88. The normalized spacial score (nSPS) is 15.6. The Kier molecular flexibility index (Phi) is 5.14. The van der Waals surface area contributed by atoms with E-state index >= 15 is 0 Å². The minimum atomic E-state index is 1.05. The van der Waals surface area contributed by atoms with E-state index in [1.165, 1.54) is 41.8 Å². The molecule has 2 heteroatoms. The summed E-state index contributed by atoms with van der Waals surface area (Å²) in [7, 11) is 0. The molecule has 22 heavy (non-hydrogen) atoms. The van der Waals surface area contributed by atoms with Crippen LogP contribution in [0.3, 0.4) is 0 Å². The van der Waals surface area contributed by atoms with Crippen LogP contribution in [0.1, 0.15) is 30.4 Å². The minimum Gasteiger partial charge on any atom is -0.385 e. The van der Waals surface area contributed by atoms with Gasteiger partial charge in [0.1, 0.15) is 0 Å². The van der Waals surface area contributed by atoms with Crippen LogP contribution in [0.2, 0.25) is 0 Å². The lowest BCUT2D eigenvalue weighted by molar-refractivity contribution is 0.785. The molecule has 2 aromatic carbocycles. The van der Waals surface area contributed by atoms with Gasteiger partial charge in [-0.3, -0.25) is 0 Å². The molecular weight excluding hydrogens is 268 g/mol. The maximum absolute atomic E-state index is 3.43. The third kappa shape index (κ3) is 3.91. The summed E-state index contributed by atoms with van der Waals surface area (Å²) in [6, 6.07) is 17.0. The highest BCUT2D eigenvalue weighted by molar-refractivity contribution is 5.67. The predicted octanol–water partition coefficient (Wildman–Crippen LogP) is 4.95. The van der Waals surface area contributed by atoms with Gasteiger partial charge >= 0.3 is 0 Å². The molecule has 2 heterocycles. The number of nitrogens with one attached hydrogen (secondary N) is 2. The van der Waals surface area contributed by atoms with E-state index in [9.17, 15) is 0 Å². The molecule has 2 N–H and O–H groups in total. The van der Waals surface area contributed by atoms with E-state index in [-0.39, 0.29) is 0 Å². The molecular formula is C20H24N2. The van der Waals surface area contributed by atoms with Crippen molar-refractivity contribution in [2.75, 3.05) is 23.7 Å². The molecule has 0 saturated carbocycles. The van der Waals surface area contributed by atoms with E-state index in [0.29, 0.717) is 0 Å². The third-order valence-corrected chi connectivity index (χ3v) is 4.09. The van der Waals surface area contributed by atoms with Crippen molar-refractivity contribution < 1.29 is 0 Å². The van der Waals surface area contributed by atoms with Gasteiger partial charge in [-0.2, -0.15) is 0 Å². The summed E-state index contributed by atoms with van der Waals surface area (Å²) in [5, 5.41) is 6.79. The smallest absolute Gasteiger partial charge is 0.0413 e. The van der Waals surface area contributed by atoms with Gasteiger partial charge in [0, 0.05) is 24.5 Å². The molecule has 0 fully saturated rings. The van der Waals surface area contributed by atoms with Gasteiger partial charge in [-0.1, -0.05) is 48.6 Å². The summed E-state index contributed by atoms with van der Waals surface area (Å²) < 4.78 is 0. The van der Waals surface area contributed by atoms with Gasteiger partial charge in [-0.25, -0.2) is 0 Å². The van der Waals surface area contributed by atoms with Gasteiger partial charge < -0.3 is 10.6 Å². The van der Waals surface area contributed by atoms with E-state index in [4.69, 9.17) is 0 Å². The first-order valence-electron chi connectivity index (χ1n) is 8.25. The molecule has 0 radical (unpaired) electrons. The van der Waals surface area contributed by atoms with Crippen LogP contribution in [0.5, 0.6) is 0 Å². The molecule has 0 atom stereocenters. The van der Waals surface area contributed by atoms with Gasteiger partial charge in [0.15, 0.2) is 0 Å². The molecule has 0 spiro atoms. The zero-order valence-electron chi connectivity index (χ0n) is 13.0. The molecule has 4 rings (SSSR count). The van der Waals surface area contributed by atoms with Crippen LogP contribution >= 0.6 is 0 Å². The Morgan fingerprint density at radius 2 is 1.50 bits per heavy atom. The van der Waals surface area contributed by atoms with Crippen molar-refractivity contribution in [1.29, 1.82) is 0 Å². The SMILES string of the molecule is C1=Cc2ccccc2NCC1.c1ccc2c(c1)CCCCN2. The maximum Gasteiger partial charge on any atom is 0.0413 e. The van der Waals surface area contributed by atoms with Crippen LogP contribution in [0.25, 0.3) is 6.08 Å². The van der Waals surface area contributed by atoms with Crippen molar-refractivity contribution in [2.45, 2.75) is 25.7 Å². The first-order valence-corrected chi connectivity index (χ1v) is 8.25. The van der Waals surface area contributed by atoms with E-state index in [2.05, 4.69) is 71.3 Å². The van der Waals surface area contributed by atoms with Gasteiger partial charge in [-0.15, -0.1) is 0 Å². The second kappa shape index (κ2) is 7.69. The van der Waals surface area contributed by atoms with Crippen LogP contribution in [0, 0.1) is 0 Å². The van der Waals surface area contributed by atoms with Crippen molar-refractivity contribution in [3.63, 3.8) is 0 Å². The summed E-state index contributed by atoms with van der Waals surface area (Å²) in [5.74, 6) is 0. The zero-order valence-corrected chi connectivity index (χ0v) is 13.0. The van der Waals surface area contributed by atoms with Crippen molar-refractivity contribution in [3.8, 4) is 0 Å². The lowest BCUT2D eigenvalue weighted by Gasteiger charge is -2.04. The summed E-state index contributed by atoms with van der Waals surface area (Å²) in [6.07, 6.45) is 9.37. The molecule has 2 aliphatic heterocycles. The van der Waals surface area contributed by atoms with Crippen LogP contribution in [0.15, 0.2) is 54.6 Å². The van der Waals surface area contributed by atoms with E-state index in [1.54, 1.807) is 0 Å². The largest absolute Gasteiger partial charge is 0.385 e. The van der Waals surface area contributed by atoms with Crippen molar-refractivity contribution >= 4 is 17.5 Å². The maximum atomic E-state index is 3.43. The molecule has 2 aliphatic rings. The average Bonchev–Trinajstić information content (AvgIpc) is 2.95.